The van der Waals surface area contributed by atoms with Crippen LogP contribution in [-0.2, 0) is 9.59 Å². The molecule has 1 saturated heterocycles. The number of carbonyl (C=O) groups excluding carboxylic acids is 3. The van der Waals surface area contributed by atoms with Crippen molar-refractivity contribution in [3.63, 3.8) is 0 Å². The highest BCUT2D eigenvalue weighted by atomic mass is 35.5. The lowest BCUT2D eigenvalue weighted by atomic mass is 9.91. The lowest BCUT2D eigenvalue weighted by Gasteiger charge is -2.24. The molecule has 2 unspecified atom stereocenters. The number of rotatable bonds is 6. The van der Waals surface area contributed by atoms with Gasteiger partial charge in [0.2, 0.25) is 0 Å². The molecule has 2 aromatic rings. The first-order valence-corrected chi connectivity index (χ1v) is 10.9. The van der Waals surface area contributed by atoms with E-state index >= 15 is 0 Å². The van der Waals surface area contributed by atoms with Crippen molar-refractivity contribution in [1.82, 2.24) is 15.2 Å². The average Bonchev–Trinajstić information content (AvgIpc) is 3.44. The van der Waals surface area contributed by atoms with Crippen LogP contribution in [0.3, 0.4) is 0 Å². The van der Waals surface area contributed by atoms with E-state index in [9.17, 15) is 14.4 Å². The highest BCUT2D eigenvalue weighted by Crippen LogP contribution is 2.34. The van der Waals surface area contributed by atoms with Crippen molar-refractivity contribution in [2.45, 2.75) is 45.2 Å². The van der Waals surface area contributed by atoms with Crippen LogP contribution in [0.15, 0.2) is 52.2 Å². The van der Waals surface area contributed by atoms with Crippen LogP contribution in [0, 0.1) is 5.92 Å². The summed E-state index contributed by atoms with van der Waals surface area (Å²) >= 11 is 5.99. The second-order valence-corrected chi connectivity index (χ2v) is 9.22. The first kappa shape index (κ1) is 22.1. The van der Waals surface area contributed by atoms with Gasteiger partial charge in [0, 0.05) is 11.4 Å². The van der Waals surface area contributed by atoms with Gasteiger partial charge in [0.1, 0.15) is 23.9 Å². The van der Waals surface area contributed by atoms with Gasteiger partial charge in [0.05, 0.1) is 12.0 Å². The minimum absolute atomic E-state index is 0.202. The number of nitrogens with zero attached hydrogens (tertiary/aromatic N) is 3. The molecule has 2 aliphatic rings. The number of halogens is 1. The zero-order chi connectivity index (χ0) is 23.0. The van der Waals surface area contributed by atoms with Crippen molar-refractivity contribution in [1.29, 1.82) is 0 Å². The molecule has 3 heterocycles. The van der Waals surface area contributed by atoms with Crippen molar-refractivity contribution >= 4 is 35.2 Å². The van der Waals surface area contributed by atoms with E-state index in [4.69, 9.17) is 16.0 Å². The molecule has 0 radical (unpaired) electrons. The quantitative estimate of drug-likeness (QED) is 0.665. The summed E-state index contributed by atoms with van der Waals surface area (Å²) in [6, 6.07) is 9.68. The Morgan fingerprint density at radius 3 is 2.62 bits per heavy atom. The molecule has 168 valence electrons. The highest BCUT2D eigenvalue weighted by Gasteiger charge is 2.49. The number of hydrogen-bond donors (Lipinski definition) is 1. The summed E-state index contributed by atoms with van der Waals surface area (Å²) in [5, 5.41) is 9.18. The summed E-state index contributed by atoms with van der Waals surface area (Å²) in [6.07, 6.45) is 2.46. The summed E-state index contributed by atoms with van der Waals surface area (Å²) < 4.78 is 5.54. The van der Waals surface area contributed by atoms with Gasteiger partial charge in [-0.05, 0) is 49.1 Å². The predicted molar refractivity (Wildman–Crippen MR) is 119 cm³/mol. The molecule has 0 spiro atoms. The van der Waals surface area contributed by atoms with Crippen molar-refractivity contribution in [2.24, 2.45) is 11.0 Å². The Kier molecular flexibility index (Phi) is 5.81. The van der Waals surface area contributed by atoms with Gasteiger partial charge in [-0.25, -0.2) is 9.80 Å². The van der Waals surface area contributed by atoms with Crippen LogP contribution in [0.4, 0.5) is 4.79 Å². The molecule has 2 aliphatic heterocycles. The van der Waals surface area contributed by atoms with E-state index in [1.165, 1.54) is 11.3 Å². The first-order chi connectivity index (χ1) is 15.2. The number of furan rings is 1. The highest BCUT2D eigenvalue weighted by molar-refractivity contribution is 6.30. The number of carbonyl (C=O) groups is 3. The number of urea groups is 1. The average molecular weight is 457 g/mol. The molecule has 1 N–H and O–H groups in total. The minimum Gasteiger partial charge on any atom is -0.467 e. The largest absolute Gasteiger partial charge is 0.467 e. The van der Waals surface area contributed by atoms with Crippen LogP contribution in [0.2, 0.25) is 5.02 Å². The molecular weight excluding hydrogens is 432 g/mol. The standard InChI is InChI=1S/C23H25ClN4O4/c1-14(2)12-23(3)21(30)27(22(31)25-23)13-20(29)28-18(19-5-4-10-32-19)11-17(26-28)15-6-8-16(24)9-7-15/h4-10,14,18H,11-13H2,1-3H3,(H,25,31). The van der Waals surface area contributed by atoms with Crippen LogP contribution < -0.4 is 5.32 Å². The monoisotopic (exact) mass is 456 g/mol. The van der Waals surface area contributed by atoms with Crippen molar-refractivity contribution in [3.8, 4) is 0 Å². The van der Waals surface area contributed by atoms with Crippen LogP contribution >= 0.6 is 11.6 Å². The maximum atomic E-state index is 13.2. The zero-order valence-corrected chi connectivity index (χ0v) is 18.9. The SMILES string of the molecule is CC(C)CC1(C)NC(=O)N(CC(=O)N2N=C(c3ccc(Cl)cc3)CC2c2ccco2)C1=O. The third kappa shape index (κ3) is 4.14. The van der Waals surface area contributed by atoms with Crippen LogP contribution in [-0.4, -0.2) is 45.5 Å². The lowest BCUT2D eigenvalue weighted by molar-refractivity contribution is -0.140. The van der Waals surface area contributed by atoms with Gasteiger partial charge in [-0.15, -0.1) is 0 Å². The molecule has 1 aromatic heterocycles. The number of benzene rings is 1. The first-order valence-electron chi connectivity index (χ1n) is 10.5. The summed E-state index contributed by atoms with van der Waals surface area (Å²) in [7, 11) is 0. The molecule has 0 bridgehead atoms. The fraction of sp³-hybridized carbons (Fsp3) is 0.391. The Morgan fingerprint density at radius 1 is 1.28 bits per heavy atom. The van der Waals surface area contributed by atoms with Crippen LogP contribution in [0.5, 0.6) is 0 Å². The number of imide groups is 1. The number of nitrogens with one attached hydrogen (secondary N) is 1. The maximum Gasteiger partial charge on any atom is 0.325 e. The predicted octanol–water partition coefficient (Wildman–Crippen LogP) is 3.97. The topological polar surface area (TPSA) is 95.2 Å². The summed E-state index contributed by atoms with van der Waals surface area (Å²) in [6.45, 7) is 5.25. The van der Waals surface area contributed by atoms with E-state index in [1.54, 1.807) is 31.2 Å². The number of amides is 4. The molecule has 32 heavy (non-hydrogen) atoms. The Balaban J connectivity index is 1.58. The van der Waals surface area contributed by atoms with E-state index in [2.05, 4.69) is 10.4 Å². The Hall–Kier alpha value is -3.13. The lowest BCUT2D eigenvalue weighted by Crippen LogP contribution is -2.46. The molecule has 2 atom stereocenters. The minimum atomic E-state index is -1.02. The van der Waals surface area contributed by atoms with Gasteiger partial charge in [0.15, 0.2) is 0 Å². The summed E-state index contributed by atoms with van der Waals surface area (Å²) in [5.74, 6) is -0.0888. The third-order valence-corrected chi connectivity index (χ3v) is 5.92. The van der Waals surface area contributed by atoms with E-state index in [0.29, 0.717) is 29.3 Å². The molecule has 4 amide bonds. The molecule has 1 fully saturated rings. The van der Waals surface area contributed by atoms with Gasteiger partial charge < -0.3 is 9.73 Å². The Morgan fingerprint density at radius 2 is 2.00 bits per heavy atom. The van der Waals surface area contributed by atoms with E-state index in [-0.39, 0.29) is 5.92 Å². The normalized spacial score (nSPS) is 23.2. The number of hydrazone groups is 1. The molecule has 8 nitrogen and oxygen atoms in total. The summed E-state index contributed by atoms with van der Waals surface area (Å²) in [5.41, 5.74) is 0.508. The van der Waals surface area contributed by atoms with Crippen LogP contribution in [0.1, 0.15) is 51.0 Å². The van der Waals surface area contributed by atoms with Gasteiger partial charge in [-0.1, -0.05) is 37.6 Å². The molecule has 0 saturated carbocycles. The number of hydrogen-bond acceptors (Lipinski definition) is 5. The van der Waals surface area contributed by atoms with E-state index < -0.39 is 36.0 Å². The fourth-order valence-electron chi connectivity index (χ4n) is 4.31. The Labute approximate surface area is 191 Å². The second kappa shape index (κ2) is 8.43. The maximum absolute atomic E-state index is 13.2. The van der Waals surface area contributed by atoms with Gasteiger partial charge in [0.25, 0.3) is 11.8 Å². The third-order valence-electron chi connectivity index (χ3n) is 5.67. The molecule has 9 heteroatoms. The molecule has 1 aromatic carbocycles. The van der Waals surface area contributed by atoms with Crippen LogP contribution in [0.25, 0.3) is 0 Å². The Bertz CT molecular complexity index is 1060. The second-order valence-electron chi connectivity index (χ2n) is 8.78. The smallest absolute Gasteiger partial charge is 0.325 e. The van der Waals surface area contributed by atoms with Crippen molar-refractivity contribution in [3.05, 3.63) is 59.0 Å². The zero-order valence-electron chi connectivity index (χ0n) is 18.2. The van der Waals surface area contributed by atoms with Gasteiger partial charge >= 0.3 is 6.03 Å². The van der Waals surface area contributed by atoms with Crippen molar-refractivity contribution < 1.29 is 18.8 Å². The van der Waals surface area contributed by atoms with Gasteiger partial charge in [-0.2, -0.15) is 5.10 Å². The molecule has 0 aliphatic carbocycles. The van der Waals surface area contributed by atoms with Crippen molar-refractivity contribution in [2.75, 3.05) is 6.54 Å². The van der Waals surface area contributed by atoms with Gasteiger partial charge in [-0.3, -0.25) is 14.5 Å². The summed E-state index contributed by atoms with van der Waals surface area (Å²) in [4.78, 5) is 39.7. The van der Waals surface area contributed by atoms with E-state index in [0.717, 1.165) is 10.5 Å². The molecular formula is C23H25ClN4O4. The van der Waals surface area contributed by atoms with E-state index in [1.807, 2.05) is 26.0 Å². The fourth-order valence-corrected chi connectivity index (χ4v) is 4.44. The molecule has 4 rings (SSSR count).